The van der Waals surface area contributed by atoms with Crippen LogP contribution in [0, 0.1) is 13.8 Å². The number of anilines is 2. The van der Waals surface area contributed by atoms with E-state index in [2.05, 4.69) is 15.8 Å². The van der Waals surface area contributed by atoms with Gasteiger partial charge in [-0.05, 0) is 31.5 Å². The highest BCUT2D eigenvalue weighted by Crippen LogP contribution is 2.18. The van der Waals surface area contributed by atoms with Gasteiger partial charge in [-0.25, -0.2) is 0 Å². The van der Waals surface area contributed by atoms with Crippen LogP contribution in [0.5, 0.6) is 0 Å². The van der Waals surface area contributed by atoms with Gasteiger partial charge in [-0.2, -0.15) is 0 Å². The molecular weight excluding hydrogens is 230 g/mol. The van der Waals surface area contributed by atoms with Crippen LogP contribution in [0.15, 0.2) is 28.8 Å². The van der Waals surface area contributed by atoms with Crippen LogP contribution in [-0.4, -0.2) is 18.1 Å². The zero-order valence-corrected chi connectivity index (χ0v) is 10.6. The molecule has 0 saturated heterocycles. The van der Waals surface area contributed by atoms with Crippen molar-refractivity contribution in [3.8, 4) is 0 Å². The average molecular weight is 245 g/mol. The molecule has 5 nitrogen and oxygen atoms in total. The summed E-state index contributed by atoms with van der Waals surface area (Å²) in [5.41, 5.74) is 2.45. The number of benzene rings is 1. The molecule has 0 aliphatic rings. The minimum Gasteiger partial charge on any atom is -0.387 e. The van der Waals surface area contributed by atoms with Crippen LogP contribution >= 0.6 is 0 Å². The van der Waals surface area contributed by atoms with Gasteiger partial charge in [-0.1, -0.05) is 11.2 Å². The van der Waals surface area contributed by atoms with E-state index in [1.807, 2.05) is 19.1 Å². The van der Waals surface area contributed by atoms with Crippen LogP contribution < -0.4 is 10.6 Å². The van der Waals surface area contributed by atoms with E-state index < -0.39 is 0 Å². The SMILES string of the molecule is CNc1cc(C)ccc1C(=O)Nc1cc(C)on1. The monoisotopic (exact) mass is 245 g/mol. The molecule has 2 N–H and O–H groups in total. The summed E-state index contributed by atoms with van der Waals surface area (Å²) in [6.45, 7) is 3.75. The smallest absolute Gasteiger partial charge is 0.259 e. The molecule has 2 aromatic rings. The Hall–Kier alpha value is -2.30. The molecule has 1 amide bonds. The van der Waals surface area contributed by atoms with Gasteiger partial charge in [-0.15, -0.1) is 0 Å². The Labute approximate surface area is 105 Å². The van der Waals surface area contributed by atoms with Gasteiger partial charge in [0.25, 0.3) is 5.91 Å². The summed E-state index contributed by atoms with van der Waals surface area (Å²) in [5.74, 6) is 0.857. The maximum Gasteiger partial charge on any atom is 0.259 e. The van der Waals surface area contributed by atoms with Crippen LogP contribution in [0.25, 0.3) is 0 Å². The van der Waals surface area contributed by atoms with E-state index >= 15 is 0 Å². The first-order valence-corrected chi connectivity index (χ1v) is 5.63. The van der Waals surface area contributed by atoms with Crippen LogP contribution in [0.2, 0.25) is 0 Å². The molecule has 0 aliphatic heterocycles. The summed E-state index contributed by atoms with van der Waals surface area (Å²) in [6, 6.07) is 7.27. The zero-order chi connectivity index (χ0) is 13.1. The second-order valence-corrected chi connectivity index (χ2v) is 4.08. The Bertz CT molecular complexity index is 575. The standard InChI is InChI=1S/C13H15N3O2/c1-8-4-5-10(11(6-8)14-3)13(17)15-12-7-9(2)18-16-12/h4-7,14H,1-3H3,(H,15,16,17). The first-order chi connectivity index (χ1) is 8.60. The van der Waals surface area contributed by atoms with E-state index in [0.29, 0.717) is 17.1 Å². The zero-order valence-electron chi connectivity index (χ0n) is 10.6. The Kier molecular flexibility index (Phi) is 3.32. The van der Waals surface area contributed by atoms with Crippen molar-refractivity contribution in [1.82, 2.24) is 5.16 Å². The van der Waals surface area contributed by atoms with Crippen LogP contribution in [0.3, 0.4) is 0 Å². The maximum atomic E-state index is 12.1. The molecule has 1 heterocycles. The number of aromatic nitrogens is 1. The topological polar surface area (TPSA) is 67.2 Å². The van der Waals surface area contributed by atoms with Gasteiger partial charge in [-0.3, -0.25) is 4.79 Å². The third-order valence-electron chi connectivity index (χ3n) is 2.56. The lowest BCUT2D eigenvalue weighted by Crippen LogP contribution is -2.14. The largest absolute Gasteiger partial charge is 0.387 e. The molecule has 0 saturated carbocycles. The summed E-state index contributed by atoms with van der Waals surface area (Å²) in [6.07, 6.45) is 0. The second kappa shape index (κ2) is 4.91. The molecule has 0 spiro atoms. The molecule has 0 unspecified atom stereocenters. The molecule has 1 aromatic carbocycles. The highest BCUT2D eigenvalue weighted by Gasteiger charge is 2.12. The van der Waals surface area contributed by atoms with Crippen molar-refractivity contribution >= 4 is 17.4 Å². The van der Waals surface area contributed by atoms with Crippen molar-refractivity contribution < 1.29 is 9.32 Å². The Morgan fingerprint density at radius 1 is 1.28 bits per heavy atom. The summed E-state index contributed by atoms with van der Waals surface area (Å²) in [5, 5.41) is 9.42. The summed E-state index contributed by atoms with van der Waals surface area (Å²) in [4.78, 5) is 12.1. The van der Waals surface area contributed by atoms with E-state index in [4.69, 9.17) is 4.52 Å². The second-order valence-electron chi connectivity index (χ2n) is 4.08. The first kappa shape index (κ1) is 12.2. The van der Waals surface area contributed by atoms with Crippen molar-refractivity contribution in [1.29, 1.82) is 0 Å². The highest BCUT2D eigenvalue weighted by molar-refractivity contribution is 6.07. The van der Waals surface area contributed by atoms with Gasteiger partial charge in [0.2, 0.25) is 0 Å². The highest BCUT2D eigenvalue weighted by atomic mass is 16.5. The molecule has 0 aliphatic carbocycles. The fourth-order valence-corrected chi connectivity index (χ4v) is 1.67. The number of rotatable bonds is 3. The number of nitrogens with zero attached hydrogens (tertiary/aromatic N) is 1. The predicted octanol–water partition coefficient (Wildman–Crippen LogP) is 2.59. The van der Waals surface area contributed by atoms with E-state index in [1.165, 1.54) is 0 Å². The van der Waals surface area contributed by atoms with E-state index in [1.54, 1.807) is 26.1 Å². The van der Waals surface area contributed by atoms with Crippen LogP contribution in [0.4, 0.5) is 11.5 Å². The number of carbonyl (C=O) groups is 1. The average Bonchev–Trinajstić information content (AvgIpc) is 2.74. The number of nitrogens with one attached hydrogen (secondary N) is 2. The number of amides is 1. The molecule has 18 heavy (non-hydrogen) atoms. The number of aryl methyl sites for hydroxylation is 2. The van der Waals surface area contributed by atoms with Crippen LogP contribution in [-0.2, 0) is 0 Å². The number of carbonyl (C=O) groups excluding carboxylic acids is 1. The Morgan fingerprint density at radius 2 is 2.06 bits per heavy atom. The van der Waals surface area contributed by atoms with Gasteiger partial charge < -0.3 is 15.2 Å². The third-order valence-corrected chi connectivity index (χ3v) is 2.56. The van der Waals surface area contributed by atoms with Crippen molar-refractivity contribution in [3.05, 3.63) is 41.2 Å². The molecule has 94 valence electrons. The molecule has 0 fully saturated rings. The molecule has 0 radical (unpaired) electrons. The predicted molar refractivity (Wildman–Crippen MR) is 69.9 cm³/mol. The Balaban J connectivity index is 2.23. The fourth-order valence-electron chi connectivity index (χ4n) is 1.67. The minimum atomic E-state index is -0.215. The third kappa shape index (κ3) is 2.51. The summed E-state index contributed by atoms with van der Waals surface area (Å²) < 4.78 is 4.90. The molecule has 0 bridgehead atoms. The molecule has 1 aromatic heterocycles. The quantitative estimate of drug-likeness (QED) is 0.872. The number of hydrogen-bond acceptors (Lipinski definition) is 4. The lowest BCUT2D eigenvalue weighted by atomic mass is 10.1. The van der Waals surface area contributed by atoms with Crippen molar-refractivity contribution in [2.75, 3.05) is 17.7 Å². The van der Waals surface area contributed by atoms with E-state index in [-0.39, 0.29) is 5.91 Å². The van der Waals surface area contributed by atoms with E-state index in [0.717, 1.165) is 11.3 Å². The molecule has 0 atom stereocenters. The summed E-state index contributed by atoms with van der Waals surface area (Å²) >= 11 is 0. The molecule has 5 heteroatoms. The van der Waals surface area contributed by atoms with Gasteiger partial charge in [0.1, 0.15) is 5.76 Å². The summed E-state index contributed by atoms with van der Waals surface area (Å²) in [7, 11) is 1.78. The van der Waals surface area contributed by atoms with Crippen molar-refractivity contribution in [2.45, 2.75) is 13.8 Å². The fraction of sp³-hybridized carbons (Fsp3) is 0.231. The lowest BCUT2D eigenvalue weighted by molar-refractivity contribution is 0.102. The van der Waals surface area contributed by atoms with E-state index in [9.17, 15) is 4.79 Å². The van der Waals surface area contributed by atoms with Crippen molar-refractivity contribution in [2.24, 2.45) is 0 Å². The van der Waals surface area contributed by atoms with Gasteiger partial charge in [0.05, 0.1) is 5.56 Å². The molecular formula is C13H15N3O2. The lowest BCUT2D eigenvalue weighted by Gasteiger charge is -2.09. The van der Waals surface area contributed by atoms with Gasteiger partial charge in [0, 0.05) is 18.8 Å². The maximum absolute atomic E-state index is 12.1. The number of hydrogen-bond donors (Lipinski definition) is 2. The van der Waals surface area contributed by atoms with Gasteiger partial charge in [0.15, 0.2) is 5.82 Å². The Morgan fingerprint density at radius 3 is 2.67 bits per heavy atom. The molecule has 2 rings (SSSR count). The normalized spacial score (nSPS) is 10.2. The minimum absolute atomic E-state index is 0.215. The van der Waals surface area contributed by atoms with Gasteiger partial charge >= 0.3 is 0 Å². The first-order valence-electron chi connectivity index (χ1n) is 5.63. The van der Waals surface area contributed by atoms with Crippen LogP contribution in [0.1, 0.15) is 21.7 Å². The van der Waals surface area contributed by atoms with Crippen molar-refractivity contribution in [3.63, 3.8) is 0 Å².